The minimum absolute atomic E-state index is 0.0668. The van der Waals surface area contributed by atoms with Gasteiger partial charge in [0.15, 0.2) is 11.0 Å². The molecule has 5 nitrogen and oxygen atoms in total. The summed E-state index contributed by atoms with van der Waals surface area (Å²) in [5.74, 6) is 0.0248. The Bertz CT molecular complexity index is 1340. The minimum Gasteiger partial charge on any atom is -0.325 e. The van der Waals surface area contributed by atoms with Gasteiger partial charge in [0, 0.05) is 16.3 Å². The standard InChI is InChI=1S/C24H18ClF3N4OS/c1-15-5-2-6-16(11-15)22-30-31-23(32(22)20-10-4-8-18(25)13-20)34-14-21(33)29-19-9-3-7-17(12-19)24(26,27)28/h2-13H,14H2,1H3,(H,29,33). The number of hydrogen-bond donors (Lipinski definition) is 1. The van der Waals surface area contributed by atoms with Gasteiger partial charge in [-0.3, -0.25) is 9.36 Å². The second-order valence-electron chi connectivity index (χ2n) is 7.41. The van der Waals surface area contributed by atoms with E-state index in [4.69, 9.17) is 11.6 Å². The number of halogens is 4. The topological polar surface area (TPSA) is 59.8 Å². The molecule has 1 N–H and O–H groups in total. The average molecular weight is 503 g/mol. The number of aromatic nitrogens is 3. The zero-order valence-electron chi connectivity index (χ0n) is 17.8. The lowest BCUT2D eigenvalue weighted by atomic mass is 10.1. The third kappa shape index (κ3) is 5.60. The van der Waals surface area contributed by atoms with E-state index in [0.29, 0.717) is 16.0 Å². The summed E-state index contributed by atoms with van der Waals surface area (Å²) in [5.41, 5.74) is 1.84. The van der Waals surface area contributed by atoms with E-state index < -0.39 is 17.6 Å². The van der Waals surface area contributed by atoms with Gasteiger partial charge in [0.1, 0.15) is 0 Å². The summed E-state index contributed by atoms with van der Waals surface area (Å²) in [5, 5.41) is 12.1. The smallest absolute Gasteiger partial charge is 0.325 e. The lowest BCUT2D eigenvalue weighted by Crippen LogP contribution is -2.15. The number of benzene rings is 3. The molecule has 4 rings (SSSR count). The van der Waals surface area contributed by atoms with Crippen molar-refractivity contribution in [1.29, 1.82) is 0 Å². The molecule has 1 amide bonds. The summed E-state index contributed by atoms with van der Waals surface area (Å²) in [4.78, 5) is 12.5. The number of carbonyl (C=O) groups excluding carboxylic acids is 1. The number of aryl methyl sites for hydroxylation is 1. The van der Waals surface area contributed by atoms with Crippen molar-refractivity contribution < 1.29 is 18.0 Å². The third-order valence-corrected chi connectivity index (χ3v) is 5.95. The van der Waals surface area contributed by atoms with Crippen LogP contribution in [-0.4, -0.2) is 26.4 Å². The maximum Gasteiger partial charge on any atom is 0.416 e. The second-order valence-corrected chi connectivity index (χ2v) is 8.79. The van der Waals surface area contributed by atoms with Crippen LogP contribution < -0.4 is 5.32 Å². The largest absolute Gasteiger partial charge is 0.416 e. The summed E-state index contributed by atoms with van der Waals surface area (Å²) < 4.78 is 40.6. The van der Waals surface area contributed by atoms with Crippen molar-refractivity contribution in [1.82, 2.24) is 14.8 Å². The molecule has 0 aliphatic carbocycles. The first-order chi connectivity index (χ1) is 16.2. The fourth-order valence-electron chi connectivity index (χ4n) is 3.28. The van der Waals surface area contributed by atoms with E-state index in [9.17, 15) is 18.0 Å². The molecule has 0 aliphatic rings. The van der Waals surface area contributed by atoms with E-state index in [2.05, 4.69) is 15.5 Å². The van der Waals surface area contributed by atoms with Crippen molar-refractivity contribution >= 4 is 35.0 Å². The van der Waals surface area contributed by atoms with Crippen LogP contribution in [-0.2, 0) is 11.0 Å². The van der Waals surface area contributed by atoms with Gasteiger partial charge >= 0.3 is 6.18 Å². The highest BCUT2D eigenvalue weighted by atomic mass is 35.5. The second kappa shape index (κ2) is 9.90. The van der Waals surface area contributed by atoms with Gasteiger partial charge in [0.05, 0.1) is 17.0 Å². The van der Waals surface area contributed by atoms with Crippen LogP contribution in [0.25, 0.3) is 17.1 Å². The van der Waals surface area contributed by atoms with Gasteiger partial charge in [-0.05, 0) is 49.4 Å². The molecule has 10 heteroatoms. The fourth-order valence-corrected chi connectivity index (χ4v) is 4.22. The van der Waals surface area contributed by atoms with Gasteiger partial charge < -0.3 is 5.32 Å². The van der Waals surface area contributed by atoms with E-state index in [0.717, 1.165) is 40.7 Å². The first-order valence-electron chi connectivity index (χ1n) is 10.1. The van der Waals surface area contributed by atoms with Crippen LogP contribution in [0.4, 0.5) is 18.9 Å². The van der Waals surface area contributed by atoms with Gasteiger partial charge in [-0.15, -0.1) is 10.2 Å². The summed E-state index contributed by atoms with van der Waals surface area (Å²) in [6, 6.07) is 19.4. The van der Waals surface area contributed by atoms with Crippen LogP contribution in [0.5, 0.6) is 0 Å². The SMILES string of the molecule is Cc1cccc(-c2nnc(SCC(=O)Nc3cccc(C(F)(F)F)c3)n2-c2cccc(Cl)c2)c1. The number of nitrogens with zero attached hydrogens (tertiary/aromatic N) is 3. The minimum atomic E-state index is -4.49. The maximum atomic E-state index is 12.9. The Morgan fingerprint density at radius 1 is 1.03 bits per heavy atom. The summed E-state index contributed by atoms with van der Waals surface area (Å²) in [7, 11) is 0. The van der Waals surface area contributed by atoms with Crippen molar-refractivity contribution in [2.75, 3.05) is 11.1 Å². The quantitative estimate of drug-likeness (QED) is 0.300. The highest BCUT2D eigenvalue weighted by molar-refractivity contribution is 7.99. The van der Waals surface area contributed by atoms with Gasteiger partial charge in [0.25, 0.3) is 0 Å². The zero-order chi connectivity index (χ0) is 24.3. The van der Waals surface area contributed by atoms with E-state index in [-0.39, 0.29) is 11.4 Å². The molecule has 34 heavy (non-hydrogen) atoms. The molecule has 174 valence electrons. The lowest BCUT2D eigenvalue weighted by molar-refractivity contribution is -0.137. The summed E-state index contributed by atoms with van der Waals surface area (Å²) in [6.45, 7) is 1.97. The molecule has 0 aliphatic heterocycles. The van der Waals surface area contributed by atoms with E-state index >= 15 is 0 Å². The van der Waals surface area contributed by atoms with Crippen molar-refractivity contribution in [3.63, 3.8) is 0 Å². The summed E-state index contributed by atoms with van der Waals surface area (Å²) >= 11 is 7.31. The van der Waals surface area contributed by atoms with E-state index in [1.54, 1.807) is 22.8 Å². The molecule has 3 aromatic carbocycles. The monoisotopic (exact) mass is 502 g/mol. The number of anilines is 1. The molecular formula is C24H18ClF3N4OS. The van der Waals surface area contributed by atoms with Crippen LogP contribution in [0.1, 0.15) is 11.1 Å². The van der Waals surface area contributed by atoms with Gasteiger partial charge in [0.2, 0.25) is 5.91 Å². The molecule has 0 spiro atoms. The van der Waals surface area contributed by atoms with Crippen LogP contribution in [0.2, 0.25) is 5.02 Å². The Morgan fingerprint density at radius 3 is 2.53 bits per heavy atom. The molecule has 4 aromatic rings. The number of alkyl halides is 3. The zero-order valence-corrected chi connectivity index (χ0v) is 19.4. The molecule has 1 aromatic heterocycles. The molecule has 0 saturated heterocycles. The molecule has 0 fully saturated rings. The number of nitrogens with one attached hydrogen (secondary N) is 1. The predicted octanol–water partition coefficient (Wildman–Crippen LogP) is 6.65. The maximum absolute atomic E-state index is 12.9. The van der Waals surface area contributed by atoms with Gasteiger partial charge in [-0.25, -0.2) is 0 Å². The van der Waals surface area contributed by atoms with Crippen LogP contribution in [0.3, 0.4) is 0 Å². The Hall–Kier alpha value is -3.30. The Morgan fingerprint density at radius 2 is 1.79 bits per heavy atom. The molecule has 0 radical (unpaired) electrons. The van der Waals surface area contributed by atoms with Crippen molar-refractivity contribution in [2.24, 2.45) is 0 Å². The molecule has 0 bridgehead atoms. The Labute approximate surface area is 203 Å². The third-order valence-electron chi connectivity index (χ3n) is 4.78. The molecule has 0 unspecified atom stereocenters. The molecule has 0 saturated carbocycles. The first-order valence-corrected chi connectivity index (χ1v) is 11.5. The number of carbonyl (C=O) groups is 1. The van der Waals surface area contributed by atoms with Crippen LogP contribution >= 0.6 is 23.4 Å². The van der Waals surface area contributed by atoms with Crippen molar-refractivity contribution in [2.45, 2.75) is 18.3 Å². The predicted molar refractivity (Wildman–Crippen MR) is 127 cm³/mol. The number of amides is 1. The normalized spacial score (nSPS) is 11.4. The number of rotatable bonds is 6. The first kappa shape index (κ1) is 23.8. The fraction of sp³-hybridized carbons (Fsp3) is 0.125. The van der Waals surface area contributed by atoms with Crippen LogP contribution in [0.15, 0.2) is 78.0 Å². The highest BCUT2D eigenvalue weighted by Crippen LogP contribution is 2.32. The lowest BCUT2D eigenvalue weighted by Gasteiger charge is -2.12. The highest BCUT2D eigenvalue weighted by Gasteiger charge is 2.30. The van der Waals surface area contributed by atoms with Gasteiger partial charge in [-0.2, -0.15) is 13.2 Å². The van der Waals surface area contributed by atoms with E-state index in [1.807, 2.05) is 37.3 Å². The number of thioether (sulfide) groups is 1. The molecule has 0 atom stereocenters. The van der Waals surface area contributed by atoms with Crippen LogP contribution in [0, 0.1) is 6.92 Å². The number of hydrogen-bond acceptors (Lipinski definition) is 4. The van der Waals surface area contributed by atoms with E-state index in [1.165, 1.54) is 12.1 Å². The van der Waals surface area contributed by atoms with Crippen molar-refractivity contribution in [3.05, 3.63) is 88.9 Å². The Balaban J connectivity index is 1.58. The van der Waals surface area contributed by atoms with Gasteiger partial charge in [-0.1, -0.05) is 59.3 Å². The Kier molecular flexibility index (Phi) is 6.95. The molecule has 1 heterocycles. The molecular weight excluding hydrogens is 485 g/mol. The average Bonchev–Trinajstić information content (AvgIpc) is 3.21. The summed E-state index contributed by atoms with van der Waals surface area (Å²) in [6.07, 6.45) is -4.49. The van der Waals surface area contributed by atoms with Crippen molar-refractivity contribution in [3.8, 4) is 17.1 Å².